The van der Waals surface area contributed by atoms with E-state index in [2.05, 4.69) is 4.98 Å². The molecule has 0 saturated heterocycles. The SMILES string of the molecule is Cc1ccc(OCCc2nccn2C)c(S(N)(=O)=O)c1. The number of nitrogens with two attached hydrogens (primary N) is 1. The molecule has 108 valence electrons. The fourth-order valence-electron chi connectivity index (χ4n) is 1.85. The maximum absolute atomic E-state index is 11.5. The summed E-state index contributed by atoms with van der Waals surface area (Å²) < 4.78 is 30.5. The number of sulfonamides is 1. The normalized spacial score (nSPS) is 11.6. The number of hydrogen-bond acceptors (Lipinski definition) is 4. The van der Waals surface area contributed by atoms with Gasteiger partial charge in [0.2, 0.25) is 10.0 Å². The van der Waals surface area contributed by atoms with E-state index < -0.39 is 10.0 Å². The number of primary sulfonamides is 1. The van der Waals surface area contributed by atoms with Gasteiger partial charge < -0.3 is 9.30 Å². The highest BCUT2D eigenvalue weighted by Gasteiger charge is 2.15. The summed E-state index contributed by atoms with van der Waals surface area (Å²) in [5.74, 6) is 1.14. The van der Waals surface area contributed by atoms with Gasteiger partial charge in [0, 0.05) is 25.9 Å². The summed E-state index contributed by atoms with van der Waals surface area (Å²) in [6.45, 7) is 2.13. The van der Waals surface area contributed by atoms with E-state index in [1.807, 2.05) is 17.8 Å². The minimum Gasteiger partial charge on any atom is -0.492 e. The average Bonchev–Trinajstić information content (AvgIpc) is 2.76. The molecule has 1 aromatic heterocycles. The van der Waals surface area contributed by atoms with Crippen LogP contribution in [0.3, 0.4) is 0 Å². The Kier molecular flexibility index (Phi) is 4.10. The molecule has 2 aromatic rings. The summed E-state index contributed by atoms with van der Waals surface area (Å²) in [6.07, 6.45) is 4.13. The summed E-state index contributed by atoms with van der Waals surface area (Å²) >= 11 is 0. The van der Waals surface area contributed by atoms with Crippen molar-refractivity contribution in [1.82, 2.24) is 9.55 Å². The lowest BCUT2D eigenvalue weighted by molar-refractivity contribution is 0.309. The molecular weight excluding hydrogens is 278 g/mol. The van der Waals surface area contributed by atoms with Crippen molar-refractivity contribution in [3.8, 4) is 5.75 Å². The van der Waals surface area contributed by atoms with Gasteiger partial charge in [-0.1, -0.05) is 6.07 Å². The van der Waals surface area contributed by atoms with E-state index in [1.54, 1.807) is 25.3 Å². The number of aryl methyl sites for hydroxylation is 2. The zero-order valence-electron chi connectivity index (χ0n) is 11.4. The molecule has 0 radical (unpaired) electrons. The summed E-state index contributed by atoms with van der Waals surface area (Å²) in [5.41, 5.74) is 0.811. The van der Waals surface area contributed by atoms with Gasteiger partial charge in [-0.05, 0) is 24.6 Å². The standard InChI is InChI=1S/C13H17N3O3S/c1-10-3-4-11(12(9-10)20(14,17)18)19-8-5-13-15-6-7-16(13)2/h3-4,6-7,9H,5,8H2,1-2H3,(H2,14,17,18). The maximum atomic E-state index is 11.5. The Balaban J connectivity index is 2.12. The average molecular weight is 295 g/mol. The first-order valence-electron chi connectivity index (χ1n) is 6.10. The van der Waals surface area contributed by atoms with E-state index in [9.17, 15) is 8.42 Å². The number of hydrogen-bond donors (Lipinski definition) is 1. The number of rotatable bonds is 5. The lowest BCUT2D eigenvalue weighted by Crippen LogP contribution is -2.15. The Labute approximate surface area is 118 Å². The molecule has 0 amide bonds. The van der Waals surface area contributed by atoms with Gasteiger partial charge in [-0.15, -0.1) is 0 Å². The molecule has 0 unspecified atom stereocenters. The molecule has 2 N–H and O–H groups in total. The largest absolute Gasteiger partial charge is 0.492 e. The Morgan fingerprint density at radius 2 is 2.15 bits per heavy atom. The lowest BCUT2D eigenvalue weighted by Gasteiger charge is -2.11. The molecule has 0 atom stereocenters. The molecule has 6 nitrogen and oxygen atoms in total. The summed E-state index contributed by atoms with van der Waals surface area (Å²) in [5, 5.41) is 5.19. The summed E-state index contributed by atoms with van der Waals surface area (Å²) in [6, 6.07) is 4.91. The van der Waals surface area contributed by atoms with Gasteiger partial charge in [-0.2, -0.15) is 0 Å². The lowest BCUT2D eigenvalue weighted by atomic mass is 10.2. The number of ether oxygens (including phenoxy) is 1. The van der Waals surface area contributed by atoms with Crippen molar-refractivity contribution in [2.45, 2.75) is 18.2 Å². The third-order valence-corrected chi connectivity index (χ3v) is 3.84. The van der Waals surface area contributed by atoms with Gasteiger partial charge in [0.1, 0.15) is 16.5 Å². The molecular formula is C13H17N3O3S. The third kappa shape index (κ3) is 3.37. The van der Waals surface area contributed by atoms with Crippen LogP contribution in [-0.2, 0) is 23.5 Å². The van der Waals surface area contributed by atoms with Gasteiger partial charge in [-0.3, -0.25) is 0 Å². The van der Waals surface area contributed by atoms with Gasteiger partial charge in [0.15, 0.2) is 0 Å². The molecule has 0 aliphatic carbocycles. The van der Waals surface area contributed by atoms with E-state index in [4.69, 9.17) is 9.88 Å². The van der Waals surface area contributed by atoms with Gasteiger partial charge in [-0.25, -0.2) is 18.5 Å². The van der Waals surface area contributed by atoms with Crippen LogP contribution in [0.25, 0.3) is 0 Å². The van der Waals surface area contributed by atoms with Crippen LogP contribution in [0.15, 0.2) is 35.5 Å². The van der Waals surface area contributed by atoms with Crippen molar-refractivity contribution in [2.24, 2.45) is 12.2 Å². The van der Waals surface area contributed by atoms with Crippen LogP contribution in [0.1, 0.15) is 11.4 Å². The molecule has 2 rings (SSSR count). The molecule has 0 aliphatic rings. The van der Waals surface area contributed by atoms with Crippen molar-refractivity contribution in [1.29, 1.82) is 0 Å². The second kappa shape index (κ2) is 5.64. The number of aromatic nitrogens is 2. The third-order valence-electron chi connectivity index (χ3n) is 2.91. The first-order chi connectivity index (χ1) is 9.38. The number of benzene rings is 1. The van der Waals surface area contributed by atoms with Crippen LogP contribution in [0.5, 0.6) is 5.75 Å². The van der Waals surface area contributed by atoms with Crippen LogP contribution in [0.4, 0.5) is 0 Å². The topological polar surface area (TPSA) is 87.2 Å². The smallest absolute Gasteiger partial charge is 0.241 e. The van der Waals surface area contributed by atoms with Crippen molar-refractivity contribution in [2.75, 3.05) is 6.61 Å². The van der Waals surface area contributed by atoms with Crippen LogP contribution in [-0.4, -0.2) is 24.6 Å². The zero-order chi connectivity index (χ0) is 14.8. The van der Waals surface area contributed by atoms with Gasteiger partial charge in [0.05, 0.1) is 6.61 Å². The second-order valence-corrected chi connectivity index (χ2v) is 6.08. The van der Waals surface area contributed by atoms with E-state index in [-0.39, 0.29) is 10.6 Å². The molecule has 20 heavy (non-hydrogen) atoms. The van der Waals surface area contributed by atoms with Crippen LogP contribution in [0.2, 0.25) is 0 Å². The molecule has 1 heterocycles. The maximum Gasteiger partial charge on any atom is 0.241 e. The number of imidazole rings is 1. The van der Waals surface area contributed by atoms with Crippen molar-refractivity contribution in [3.63, 3.8) is 0 Å². The quantitative estimate of drug-likeness (QED) is 0.891. The van der Waals surface area contributed by atoms with Gasteiger partial charge in [0.25, 0.3) is 0 Å². The highest BCUT2D eigenvalue weighted by molar-refractivity contribution is 7.89. The van der Waals surface area contributed by atoms with Crippen LogP contribution in [0, 0.1) is 6.92 Å². The van der Waals surface area contributed by atoms with E-state index in [1.165, 1.54) is 6.07 Å². The first kappa shape index (κ1) is 14.5. The van der Waals surface area contributed by atoms with Crippen molar-refractivity contribution < 1.29 is 13.2 Å². The summed E-state index contributed by atoms with van der Waals surface area (Å²) in [4.78, 5) is 4.18. The van der Waals surface area contributed by atoms with Gasteiger partial charge >= 0.3 is 0 Å². The Morgan fingerprint density at radius 3 is 2.75 bits per heavy atom. The Morgan fingerprint density at radius 1 is 1.40 bits per heavy atom. The fourth-order valence-corrected chi connectivity index (χ4v) is 2.60. The highest BCUT2D eigenvalue weighted by Crippen LogP contribution is 2.24. The Bertz CT molecular complexity index is 707. The number of nitrogens with zero attached hydrogens (tertiary/aromatic N) is 2. The molecule has 0 spiro atoms. The monoisotopic (exact) mass is 295 g/mol. The molecule has 0 aliphatic heterocycles. The Hall–Kier alpha value is -1.86. The molecule has 0 fully saturated rings. The minimum atomic E-state index is -3.79. The summed E-state index contributed by atoms with van der Waals surface area (Å²) in [7, 11) is -1.90. The van der Waals surface area contributed by atoms with E-state index in [0.29, 0.717) is 13.0 Å². The molecule has 7 heteroatoms. The predicted octanol–water partition coefficient (Wildman–Crippen LogP) is 0.997. The molecule has 0 saturated carbocycles. The zero-order valence-corrected chi connectivity index (χ0v) is 12.2. The highest BCUT2D eigenvalue weighted by atomic mass is 32.2. The second-order valence-electron chi connectivity index (χ2n) is 4.55. The van der Waals surface area contributed by atoms with Crippen molar-refractivity contribution in [3.05, 3.63) is 42.0 Å². The van der Waals surface area contributed by atoms with Crippen LogP contribution >= 0.6 is 0 Å². The first-order valence-corrected chi connectivity index (χ1v) is 7.65. The molecule has 0 bridgehead atoms. The predicted molar refractivity (Wildman–Crippen MR) is 75.0 cm³/mol. The van der Waals surface area contributed by atoms with E-state index >= 15 is 0 Å². The molecule has 1 aromatic carbocycles. The van der Waals surface area contributed by atoms with Crippen LogP contribution < -0.4 is 9.88 Å². The minimum absolute atomic E-state index is 0.0114. The fraction of sp³-hybridized carbons (Fsp3) is 0.308. The van der Waals surface area contributed by atoms with E-state index in [0.717, 1.165) is 11.4 Å². The van der Waals surface area contributed by atoms with Crippen molar-refractivity contribution >= 4 is 10.0 Å².